The molecule has 1 saturated heterocycles. The second-order valence-corrected chi connectivity index (χ2v) is 2.97. The van der Waals surface area contributed by atoms with Crippen LogP contribution in [0.3, 0.4) is 0 Å². The van der Waals surface area contributed by atoms with Crippen LogP contribution >= 0.6 is 0 Å². The standard InChI is InChI=1S/C10H15NO/c1-2-3-4-7-11-8-5-10(12)6-9-11/h2-3,10,12H,5-6,8-9H2,1H3. The molecule has 2 nitrogen and oxygen atoms in total. The van der Waals surface area contributed by atoms with Gasteiger partial charge < -0.3 is 10.0 Å². The first-order valence-corrected chi connectivity index (χ1v) is 4.38. The lowest BCUT2D eigenvalue weighted by Crippen LogP contribution is -2.32. The Morgan fingerprint density at radius 1 is 1.42 bits per heavy atom. The van der Waals surface area contributed by atoms with Gasteiger partial charge in [0.25, 0.3) is 0 Å². The summed E-state index contributed by atoms with van der Waals surface area (Å²) in [5.74, 6) is 2.93. The average molecular weight is 165 g/mol. The van der Waals surface area contributed by atoms with Crippen LogP contribution < -0.4 is 0 Å². The van der Waals surface area contributed by atoms with Gasteiger partial charge in [-0.05, 0) is 25.8 Å². The molecule has 1 rings (SSSR count). The molecule has 0 radical (unpaired) electrons. The average Bonchev–Trinajstić information content (AvgIpc) is 2.09. The third-order valence-corrected chi connectivity index (χ3v) is 1.94. The van der Waals surface area contributed by atoms with Crippen LogP contribution in [0.1, 0.15) is 19.8 Å². The van der Waals surface area contributed by atoms with E-state index in [0.717, 1.165) is 25.9 Å². The highest BCUT2D eigenvalue weighted by Crippen LogP contribution is 2.07. The van der Waals surface area contributed by atoms with Gasteiger partial charge in [0, 0.05) is 19.1 Å². The van der Waals surface area contributed by atoms with Crippen molar-refractivity contribution in [1.82, 2.24) is 4.90 Å². The topological polar surface area (TPSA) is 23.5 Å². The fraction of sp³-hybridized carbons (Fsp3) is 0.600. The lowest BCUT2D eigenvalue weighted by Gasteiger charge is -2.25. The Morgan fingerprint density at radius 2 is 2.08 bits per heavy atom. The molecule has 0 aromatic rings. The van der Waals surface area contributed by atoms with Gasteiger partial charge in [-0.2, -0.15) is 0 Å². The smallest absolute Gasteiger partial charge is 0.0574 e. The Hall–Kier alpha value is -0.940. The number of nitrogens with zero attached hydrogens (tertiary/aromatic N) is 1. The number of hydrogen-bond donors (Lipinski definition) is 1. The maximum atomic E-state index is 9.21. The van der Waals surface area contributed by atoms with E-state index in [4.69, 9.17) is 0 Å². The number of aliphatic hydroxyl groups excluding tert-OH is 1. The molecule has 0 aromatic carbocycles. The fourth-order valence-electron chi connectivity index (χ4n) is 1.19. The Balaban J connectivity index is 2.32. The summed E-state index contributed by atoms with van der Waals surface area (Å²) in [5.41, 5.74) is 0. The highest BCUT2D eigenvalue weighted by molar-refractivity contribution is 5.14. The molecule has 0 saturated carbocycles. The minimum Gasteiger partial charge on any atom is -0.393 e. The highest BCUT2D eigenvalue weighted by atomic mass is 16.3. The van der Waals surface area contributed by atoms with Crippen LogP contribution in [0.25, 0.3) is 0 Å². The highest BCUT2D eigenvalue weighted by Gasteiger charge is 2.13. The summed E-state index contributed by atoms with van der Waals surface area (Å²) in [6.07, 6.45) is 5.36. The zero-order chi connectivity index (χ0) is 8.81. The minimum absolute atomic E-state index is 0.107. The van der Waals surface area contributed by atoms with Gasteiger partial charge in [0.1, 0.15) is 0 Å². The zero-order valence-corrected chi connectivity index (χ0v) is 7.45. The van der Waals surface area contributed by atoms with Crippen molar-refractivity contribution in [2.75, 3.05) is 13.1 Å². The predicted molar refractivity (Wildman–Crippen MR) is 49.4 cm³/mol. The second-order valence-electron chi connectivity index (χ2n) is 2.97. The summed E-state index contributed by atoms with van der Waals surface area (Å²) >= 11 is 0. The van der Waals surface area contributed by atoms with E-state index in [1.165, 1.54) is 0 Å². The number of allylic oxidation sites excluding steroid dienone is 2. The molecule has 66 valence electrons. The maximum absolute atomic E-state index is 9.21. The summed E-state index contributed by atoms with van der Waals surface area (Å²) in [7, 11) is 0. The van der Waals surface area contributed by atoms with Gasteiger partial charge in [0.15, 0.2) is 0 Å². The number of aliphatic hydroxyl groups is 1. The SMILES string of the molecule is CC=CC#CN1CCC(O)CC1. The van der Waals surface area contributed by atoms with Gasteiger partial charge in [0.05, 0.1) is 6.10 Å². The summed E-state index contributed by atoms with van der Waals surface area (Å²) in [4.78, 5) is 2.06. The second kappa shape index (κ2) is 4.84. The molecule has 0 amide bonds. The van der Waals surface area contributed by atoms with E-state index >= 15 is 0 Å². The molecule has 0 aliphatic carbocycles. The molecular weight excluding hydrogens is 150 g/mol. The number of likely N-dealkylation sites (tertiary alicyclic amines) is 1. The van der Waals surface area contributed by atoms with E-state index < -0.39 is 0 Å². The number of rotatable bonds is 0. The molecule has 0 bridgehead atoms. The van der Waals surface area contributed by atoms with Crippen LogP contribution in [-0.4, -0.2) is 29.2 Å². The van der Waals surface area contributed by atoms with Crippen LogP contribution in [0.5, 0.6) is 0 Å². The van der Waals surface area contributed by atoms with Crippen LogP contribution in [0, 0.1) is 12.0 Å². The van der Waals surface area contributed by atoms with E-state index in [1.807, 2.05) is 19.1 Å². The first-order chi connectivity index (χ1) is 5.83. The van der Waals surface area contributed by atoms with Crippen molar-refractivity contribution in [1.29, 1.82) is 0 Å². The molecule has 12 heavy (non-hydrogen) atoms. The van der Waals surface area contributed by atoms with Gasteiger partial charge in [-0.15, -0.1) is 0 Å². The van der Waals surface area contributed by atoms with Crippen molar-refractivity contribution >= 4 is 0 Å². The molecule has 0 atom stereocenters. The molecular formula is C10H15NO. The number of piperidine rings is 1. The van der Waals surface area contributed by atoms with Gasteiger partial charge in [0.2, 0.25) is 0 Å². The molecule has 0 unspecified atom stereocenters. The van der Waals surface area contributed by atoms with Gasteiger partial charge in [-0.3, -0.25) is 0 Å². The molecule has 1 aliphatic heterocycles. The Kier molecular flexibility index (Phi) is 3.69. The first kappa shape index (κ1) is 9.15. The van der Waals surface area contributed by atoms with Crippen LogP contribution in [-0.2, 0) is 0 Å². The van der Waals surface area contributed by atoms with Crippen molar-refractivity contribution in [3.05, 3.63) is 12.2 Å². The Morgan fingerprint density at radius 3 is 2.67 bits per heavy atom. The summed E-state index contributed by atoms with van der Waals surface area (Å²) in [6.45, 7) is 3.74. The van der Waals surface area contributed by atoms with E-state index in [2.05, 4.69) is 16.9 Å². The normalized spacial score (nSPS) is 19.3. The van der Waals surface area contributed by atoms with Crippen molar-refractivity contribution in [2.24, 2.45) is 0 Å². The molecule has 1 heterocycles. The first-order valence-electron chi connectivity index (χ1n) is 4.38. The van der Waals surface area contributed by atoms with E-state index in [9.17, 15) is 5.11 Å². The van der Waals surface area contributed by atoms with Gasteiger partial charge in [-0.25, -0.2) is 0 Å². The molecule has 1 fully saturated rings. The predicted octanol–water partition coefficient (Wildman–Crippen LogP) is 0.980. The fourth-order valence-corrected chi connectivity index (χ4v) is 1.19. The van der Waals surface area contributed by atoms with Crippen LogP contribution in [0.2, 0.25) is 0 Å². The summed E-state index contributed by atoms with van der Waals surface area (Å²) < 4.78 is 0. The van der Waals surface area contributed by atoms with Crippen molar-refractivity contribution in [2.45, 2.75) is 25.9 Å². The van der Waals surface area contributed by atoms with E-state index in [1.54, 1.807) is 0 Å². The third kappa shape index (κ3) is 2.98. The molecule has 0 spiro atoms. The minimum atomic E-state index is -0.107. The quantitative estimate of drug-likeness (QED) is 0.541. The van der Waals surface area contributed by atoms with Crippen LogP contribution in [0.15, 0.2) is 12.2 Å². The van der Waals surface area contributed by atoms with Crippen LogP contribution in [0.4, 0.5) is 0 Å². The van der Waals surface area contributed by atoms with Crippen molar-refractivity contribution in [3.8, 4) is 12.0 Å². The Labute approximate surface area is 73.9 Å². The molecule has 1 N–H and O–H groups in total. The monoisotopic (exact) mass is 165 g/mol. The van der Waals surface area contributed by atoms with E-state index in [0.29, 0.717) is 0 Å². The molecule has 2 heteroatoms. The maximum Gasteiger partial charge on any atom is 0.0574 e. The molecule has 1 aliphatic rings. The van der Waals surface area contributed by atoms with Gasteiger partial charge >= 0.3 is 0 Å². The Bertz CT molecular complexity index is 204. The number of hydrogen-bond acceptors (Lipinski definition) is 2. The van der Waals surface area contributed by atoms with E-state index in [-0.39, 0.29) is 6.10 Å². The lowest BCUT2D eigenvalue weighted by atomic mass is 10.1. The van der Waals surface area contributed by atoms with Gasteiger partial charge in [-0.1, -0.05) is 12.0 Å². The van der Waals surface area contributed by atoms with Crippen molar-refractivity contribution < 1.29 is 5.11 Å². The lowest BCUT2D eigenvalue weighted by molar-refractivity contribution is 0.106. The summed E-state index contributed by atoms with van der Waals surface area (Å²) in [5, 5.41) is 9.21. The van der Waals surface area contributed by atoms with Crippen molar-refractivity contribution in [3.63, 3.8) is 0 Å². The third-order valence-electron chi connectivity index (χ3n) is 1.94. The molecule has 0 aromatic heterocycles. The zero-order valence-electron chi connectivity index (χ0n) is 7.45. The summed E-state index contributed by atoms with van der Waals surface area (Å²) in [6, 6.07) is 3.03. The largest absolute Gasteiger partial charge is 0.393 e.